The molecule has 0 bridgehead atoms. The van der Waals surface area contributed by atoms with Gasteiger partial charge < -0.3 is 10.6 Å². The zero-order valence-corrected chi connectivity index (χ0v) is 11.6. The Hall–Kier alpha value is -1.79. The van der Waals surface area contributed by atoms with E-state index in [-0.39, 0.29) is 11.7 Å². The molecule has 1 unspecified atom stereocenters. The summed E-state index contributed by atoms with van der Waals surface area (Å²) in [6.07, 6.45) is -3.67. The third-order valence-corrected chi connectivity index (χ3v) is 2.53. The molecule has 0 radical (unpaired) electrons. The first kappa shape index (κ1) is 16.3. The molecule has 0 spiro atoms. The van der Waals surface area contributed by atoms with E-state index in [1.54, 1.807) is 6.92 Å². The second-order valence-corrected chi connectivity index (χ2v) is 4.93. The maximum atomic E-state index is 12.4. The number of hydrogen-bond acceptors (Lipinski definition) is 3. The largest absolute Gasteiger partial charge is 0.417 e. The first-order valence-electron chi connectivity index (χ1n) is 6.27. The number of halogens is 3. The quantitative estimate of drug-likeness (QED) is 0.876. The Labute approximate surface area is 115 Å². The minimum absolute atomic E-state index is 0.222. The molecular formula is C13H18F3N3O. The van der Waals surface area contributed by atoms with Crippen LogP contribution in [0.4, 0.5) is 19.0 Å². The Morgan fingerprint density at radius 1 is 1.30 bits per heavy atom. The number of alkyl halides is 3. The smallest absolute Gasteiger partial charge is 0.359 e. The van der Waals surface area contributed by atoms with Crippen molar-refractivity contribution in [2.75, 3.05) is 11.9 Å². The lowest BCUT2D eigenvalue weighted by Gasteiger charge is -2.16. The fourth-order valence-electron chi connectivity index (χ4n) is 1.39. The van der Waals surface area contributed by atoms with Crippen molar-refractivity contribution >= 4 is 11.7 Å². The van der Waals surface area contributed by atoms with Crippen LogP contribution in [0.2, 0.25) is 0 Å². The van der Waals surface area contributed by atoms with E-state index in [0.29, 0.717) is 12.5 Å². The van der Waals surface area contributed by atoms with Crippen molar-refractivity contribution in [3.05, 3.63) is 23.9 Å². The summed E-state index contributed by atoms with van der Waals surface area (Å²) in [7, 11) is 0. The predicted octanol–water partition coefficient (Wildman–Crippen LogP) is 2.67. The summed E-state index contributed by atoms with van der Waals surface area (Å²) in [5, 5.41) is 5.48. The SMILES string of the molecule is CC(C)CNC(=O)C(C)Nc1ccc(C(F)(F)F)cn1. The van der Waals surface area contributed by atoms with Crippen molar-refractivity contribution in [3.8, 4) is 0 Å². The normalized spacial score (nSPS) is 13.2. The standard InChI is InChI=1S/C13H18F3N3O/c1-8(2)6-18-12(20)9(3)19-11-5-4-10(7-17-11)13(14,15)16/h4-5,7-9H,6H2,1-3H3,(H,17,19)(H,18,20). The van der Waals surface area contributed by atoms with E-state index >= 15 is 0 Å². The summed E-state index contributed by atoms with van der Waals surface area (Å²) in [5.41, 5.74) is -0.819. The van der Waals surface area contributed by atoms with Crippen LogP contribution in [0.3, 0.4) is 0 Å². The lowest BCUT2D eigenvalue weighted by Crippen LogP contribution is -2.39. The number of amides is 1. The summed E-state index contributed by atoms with van der Waals surface area (Å²) < 4.78 is 37.1. The van der Waals surface area contributed by atoms with Crippen LogP contribution in [0.25, 0.3) is 0 Å². The Kier molecular flexibility index (Phi) is 5.35. The van der Waals surface area contributed by atoms with E-state index in [0.717, 1.165) is 12.3 Å². The molecule has 1 aromatic heterocycles. The predicted molar refractivity (Wildman–Crippen MR) is 70.2 cm³/mol. The molecule has 20 heavy (non-hydrogen) atoms. The van der Waals surface area contributed by atoms with Gasteiger partial charge in [-0.25, -0.2) is 4.98 Å². The number of carbonyl (C=O) groups excluding carboxylic acids is 1. The molecule has 1 aromatic rings. The van der Waals surface area contributed by atoms with Crippen molar-refractivity contribution in [2.45, 2.75) is 33.0 Å². The van der Waals surface area contributed by atoms with Gasteiger partial charge in [-0.2, -0.15) is 13.2 Å². The first-order chi connectivity index (χ1) is 9.20. The Balaban J connectivity index is 2.58. The second-order valence-electron chi connectivity index (χ2n) is 4.93. The number of carbonyl (C=O) groups is 1. The number of rotatable bonds is 5. The van der Waals surface area contributed by atoms with E-state index in [9.17, 15) is 18.0 Å². The fourth-order valence-corrected chi connectivity index (χ4v) is 1.39. The highest BCUT2D eigenvalue weighted by Crippen LogP contribution is 2.28. The fraction of sp³-hybridized carbons (Fsp3) is 0.538. The number of aromatic nitrogens is 1. The zero-order valence-electron chi connectivity index (χ0n) is 11.6. The van der Waals surface area contributed by atoms with Gasteiger partial charge >= 0.3 is 6.18 Å². The van der Waals surface area contributed by atoms with E-state index in [1.807, 2.05) is 13.8 Å². The Morgan fingerprint density at radius 3 is 2.40 bits per heavy atom. The minimum Gasteiger partial charge on any atom is -0.359 e. The molecule has 0 aromatic carbocycles. The molecule has 1 heterocycles. The lowest BCUT2D eigenvalue weighted by atomic mass is 10.2. The molecule has 0 saturated heterocycles. The van der Waals surface area contributed by atoms with E-state index in [2.05, 4.69) is 15.6 Å². The van der Waals surface area contributed by atoms with Crippen LogP contribution in [-0.2, 0) is 11.0 Å². The first-order valence-corrected chi connectivity index (χ1v) is 6.27. The zero-order chi connectivity index (χ0) is 15.3. The second kappa shape index (κ2) is 6.58. The van der Waals surface area contributed by atoms with Crippen LogP contribution in [0.5, 0.6) is 0 Å². The molecular weight excluding hydrogens is 271 g/mol. The van der Waals surface area contributed by atoms with E-state index < -0.39 is 17.8 Å². The van der Waals surface area contributed by atoms with Gasteiger partial charge in [0.2, 0.25) is 5.91 Å². The van der Waals surface area contributed by atoms with Gasteiger partial charge in [0, 0.05) is 12.7 Å². The van der Waals surface area contributed by atoms with Crippen molar-refractivity contribution < 1.29 is 18.0 Å². The van der Waals surface area contributed by atoms with Gasteiger partial charge in [-0.3, -0.25) is 4.79 Å². The average Bonchev–Trinajstić information content (AvgIpc) is 2.35. The lowest BCUT2D eigenvalue weighted by molar-refractivity contribution is -0.137. The van der Waals surface area contributed by atoms with Gasteiger partial charge in [0.05, 0.1) is 5.56 Å². The molecule has 1 atom stereocenters. The highest BCUT2D eigenvalue weighted by molar-refractivity contribution is 5.83. The Morgan fingerprint density at radius 2 is 1.95 bits per heavy atom. The van der Waals surface area contributed by atoms with Gasteiger partial charge in [-0.1, -0.05) is 13.8 Å². The highest BCUT2D eigenvalue weighted by Gasteiger charge is 2.30. The van der Waals surface area contributed by atoms with Gasteiger partial charge in [-0.05, 0) is 25.0 Å². The molecule has 0 aliphatic heterocycles. The molecule has 7 heteroatoms. The van der Waals surface area contributed by atoms with Crippen molar-refractivity contribution in [1.82, 2.24) is 10.3 Å². The number of nitrogens with one attached hydrogen (secondary N) is 2. The Bertz CT molecular complexity index is 443. The molecule has 0 aliphatic rings. The number of nitrogens with zero attached hydrogens (tertiary/aromatic N) is 1. The summed E-state index contributed by atoms with van der Waals surface area (Å²) in [6.45, 7) is 6.10. The molecule has 0 aliphatic carbocycles. The van der Waals surface area contributed by atoms with Gasteiger partial charge in [0.25, 0.3) is 0 Å². The summed E-state index contributed by atoms with van der Waals surface area (Å²) in [4.78, 5) is 15.3. The van der Waals surface area contributed by atoms with E-state index in [1.165, 1.54) is 6.07 Å². The topological polar surface area (TPSA) is 54.0 Å². The van der Waals surface area contributed by atoms with Gasteiger partial charge in [0.15, 0.2) is 0 Å². The minimum atomic E-state index is -4.41. The van der Waals surface area contributed by atoms with E-state index in [4.69, 9.17) is 0 Å². The van der Waals surface area contributed by atoms with Crippen molar-refractivity contribution in [1.29, 1.82) is 0 Å². The van der Waals surface area contributed by atoms with Crippen LogP contribution in [0, 0.1) is 5.92 Å². The van der Waals surface area contributed by atoms with Crippen LogP contribution in [-0.4, -0.2) is 23.5 Å². The molecule has 0 saturated carbocycles. The molecule has 0 fully saturated rings. The molecule has 2 N–H and O–H groups in total. The summed E-state index contributed by atoms with van der Waals surface area (Å²) >= 11 is 0. The maximum absolute atomic E-state index is 12.4. The molecule has 1 rings (SSSR count). The van der Waals surface area contributed by atoms with Crippen LogP contribution >= 0.6 is 0 Å². The maximum Gasteiger partial charge on any atom is 0.417 e. The number of hydrogen-bond donors (Lipinski definition) is 2. The molecule has 112 valence electrons. The van der Waals surface area contributed by atoms with Crippen molar-refractivity contribution in [2.24, 2.45) is 5.92 Å². The van der Waals surface area contributed by atoms with Crippen LogP contribution in [0.15, 0.2) is 18.3 Å². The van der Waals surface area contributed by atoms with Crippen molar-refractivity contribution in [3.63, 3.8) is 0 Å². The number of anilines is 1. The third-order valence-electron chi connectivity index (χ3n) is 2.53. The summed E-state index contributed by atoms with van der Waals surface area (Å²) in [6, 6.07) is 1.56. The molecule has 4 nitrogen and oxygen atoms in total. The van der Waals surface area contributed by atoms with Crippen LogP contribution in [0.1, 0.15) is 26.3 Å². The number of pyridine rings is 1. The third kappa shape index (κ3) is 5.07. The molecule has 1 amide bonds. The summed E-state index contributed by atoms with van der Waals surface area (Å²) in [5.74, 6) is 0.334. The van der Waals surface area contributed by atoms with Gasteiger partial charge in [0.1, 0.15) is 11.9 Å². The van der Waals surface area contributed by atoms with Gasteiger partial charge in [-0.15, -0.1) is 0 Å². The average molecular weight is 289 g/mol. The monoisotopic (exact) mass is 289 g/mol. The van der Waals surface area contributed by atoms with Crippen LogP contribution < -0.4 is 10.6 Å². The highest BCUT2D eigenvalue weighted by atomic mass is 19.4.